The Balaban J connectivity index is 1.22. The summed E-state index contributed by atoms with van der Waals surface area (Å²) in [5.41, 5.74) is 1.11. The van der Waals surface area contributed by atoms with Crippen molar-refractivity contribution in [3.63, 3.8) is 0 Å². The SMILES string of the molecule is C[C@@H](NC(=O)c1ccc(OC2CCCC2)cc1)C12CC3CC(CC(C3)C1)C2. The first kappa shape index (κ1) is 17.6. The van der Waals surface area contributed by atoms with Crippen LogP contribution in [0.3, 0.4) is 0 Å². The van der Waals surface area contributed by atoms with E-state index in [0.717, 1.165) is 41.9 Å². The van der Waals surface area contributed by atoms with E-state index in [2.05, 4.69) is 12.2 Å². The summed E-state index contributed by atoms with van der Waals surface area (Å²) in [6, 6.07) is 8.04. The molecule has 0 spiro atoms. The van der Waals surface area contributed by atoms with Gasteiger partial charge in [-0.05, 0) is 119 Å². The van der Waals surface area contributed by atoms with Gasteiger partial charge in [0.25, 0.3) is 5.91 Å². The standard InChI is InChI=1S/C24H33NO2/c1-16(24-13-17-10-18(14-24)12-19(11-17)15-24)25-23(26)20-6-8-22(9-7-20)27-21-4-2-3-5-21/h6-9,16-19,21H,2-5,10-15H2,1H3,(H,25,26)/t16-,17?,18?,19?,24?/m1/s1. The Morgan fingerprint density at radius 2 is 1.56 bits per heavy atom. The highest BCUT2D eigenvalue weighted by molar-refractivity contribution is 5.94. The maximum atomic E-state index is 12.9. The minimum Gasteiger partial charge on any atom is -0.490 e. The van der Waals surface area contributed by atoms with E-state index in [9.17, 15) is 4.79 Å². The predicted molar refractivity (Wildman–Crippen MR) is 107 cm³/mol. The third-order valence-electron chi connectivity index (χ3n) is 8.07. The van der Waals surface area contributed by atoms with E-state index in [4.69, 9.17) is 4.74 Å². The average Bonchev–Trinajstić information content (AvgIpc) is 3.14. The van der Waals surface area contributed by atoms with Crippen LogP contribution in [0.2, 0.25) is 0 Å². The molecule has 1 N–H and O–H groups in total. The van der Waals surface area contributed by atoms with Crippen molar-refractivity contribution in [2.45, 2.75) is 83.3 Å². The lowest BCUT2D eigenvalue weighted by Crippen LogP contribution is -2.55. The second-order valence-electron chi connectivity index (χ2n) is 10.0. The minimum absolute atomic E-state index is 0.0747. The molecule has 5 aliphatic carbocycles. The van der Waals surface area contributed by atoms with E-state index in [0.29, 0.717) is 11.5 Å². The van der Waals surface area contributed by atoms with Gasteiger partial charge < -0.3 is 10.1 Å². The topological polar surface area (TPSA) is 38.3 Å². The first-order chi connectivity index (χ1) is 13.1. The van der Waals surface area contributed by atoms with Crippen molar-refractivity contribution in [3.05, 3.63) is 29.8 Å². The fraction of sp³-hybridized carbons (Fsp3) is 0.708. The van der Waals surface area contributed by atoms with Crippen LogP contribution < -0.4 is 10.1 Å². The Hall–Kier alpha value is -1.51. The summed E-state index contributed by atoms with van der Waals surface area (Å²) in [5.74, 6) is 3.73. The molecular weight excluding hydrogens is 334 g/mol. The van der Waals surface area contributed by atoms with E-state index in [1.165, 1.54) is 51.4 Å². The Morgan fingerprint density at radius 3 is 2.11 bits per heavy atom. The zero-order valence-corrected chi connectivity index (χ0v) is 16.6. The molecule has 1 aromatic carbocycles. The number of ether oxygens (including phenoxy) is 1. The van der Waals surface area contributed by atoms with E-state index in [-0.39, 0.29) is 11.9 Å². The molecule has 1 aromatic rings. The quantitative estimate of drug-likeness (QED) is 0.762. The summed E-state index contributed by atoms with van der Waals surface area (Å²) < 4.78 is 6.02. The molecule has 3 heteroatoms. The Morgan fingerprint density at radius 1 is 1.00 bits per heavy atom. The van der Waals surface area contributed by atoms with Crippen LogP contribution >= 0.6 is 0 Å². The summed E-state index contributed by atoms with van der Waals surface area (Å²) >= 11 is 0. The summed E-state index contributed by atoms with van der Waals surface area (Å²) in [5, 5.41) is 3.37. The first-order valence-electron chi connectivity index (χ1n) is 11.2. The fourth-order valence-corrected chi connectivity index (χ4v) is 7.02. The lowest BCUT2D eigenvalue weighted by molar-refractivity contribution is -0.0688. The van der Waals surface area contributed by atoms with Crippen molar-refractivity contribution in [1.82, 2.24) is 5.32 Å². The number of rotatable bonds is 5. The number of carbonyl (C=O) groups is 1. The van der Waals surface area contributed by atoms with Crippen molar-refractivity contribution in [1.29, 1.82) is 0 Å². The molecule has 0 unspecified atom stereocenters. The molecule has 5 fully saturated rings. The van der Waals surface area contributed by atoms with Crippen molar-refractivity contribution in [2.75, 3.05) is 0 Å². The van der Waals surface area contributed by atoms with Crippen LogP contribution in [-0.4, -0.2) is 18.1 Å². The van der Waals surface area contributed by atoms with Crippen molar-refractivity contribution in [2.24, 2.45) is 23.2 Å². The third-order valence-corrected chi connectivity index (χ3v) is 8.07. The molecule has 1 amide bonds. The van der Waals surface area contributed by atoms with Crippen molar-refractivity contribution >= 4 is 5.91 Å². The van der Waals surface area contributed by atoms with Crippen LogP contribution in [0.1, 0.15) is 81.5 Å². The number of amides is 1. The molecule has 5 saturated carbocycles. The Labute approximate surface area is 163 Å². The van der Waals surface area contributed by atoms with Crippen LogP contribution in [0.5, 0.6) is 5.75 Å². The predicted octanol–water partition coefficient (Wildman–Crippen LogP) is 5.34. The van der Waals surface area contributed by atoms with Gasteiger partial charge in [-0.15, -0.1) is 0 Å². The molecule has 5 aliphatic rings. The number of carbonyl (C=O) groups excluding carboxylic acids is 1. The Kier molecular flexibility index (Phi) is 4.44. The molecule has 6 rings (SSSR count). The smallest absolute Gasteiger partial charge is 0.251 e. The number of benzene rings is 1. The zero-order valence-electron chi connectivity index (χ0n) is 16.6. The van der Waals surface area contributed by atoms with Gasteiger partial charge in [0.1, 0.15) is 5.75 Å². The molecule has 27 heavy (non-hydrogen) atoms. The van der Waals surface area contributed by atoms with Crippen LogP contribution in [0.25, 0.3) is 0 Å². The average molecular weight is 368 g/mol. The van der Waals surface area contributed by atoms with Gasteiger partial charge in [0, 0.05) is 11.6 Å². The largest absolute Gasteiger partial charge is 0.490 e. The summed E-state index contributed by atoms with van der Waals surface area (Å²) in [6.45, 7) is 2.25. The van der Waals surface area contributed by atoms with Crippen LogP contribution in [0.15, 0.2) is 24.3 Å². The molecule has 4 bridgehead atoms. The van der Waals surface area contributed by atoms with Crippen LogP contribution in [-0.2, 0) is 0 Å². The fourth-order valence-electron chi connectivity index (χ4n) is 7.02. The molecule has 3 nitrogen and oxygen atoms in total. The normalized spacial score (nSPS) is 36.0. The third kappa shape index (κ3) is 3.39. The molecule has 0 saturated heterocycles. The van der Waals surface area contributed by atoms with Crippen LogP contribution in [0.4, 0.5) is 0 Å². The van der Waals surface area contributed by atoms with Crippen LogP contribution in [0, 0.1) is 23.2 Å². The molecule has 0 aromatic heterocycles. The summed E-state index contributed by atoms with van der Waals surface area (Å²) in [7, 11) is 0. The van der Waals surface area contributed by atoms with Crippen molar-refractivity contribution in [3.8, 4) is 5.75 Å². The first-order valence-corrected chi connectivity index (χ1v) is 11.2. The van der Waals surface area contributed by atoms with Gasteiger partial charge in [-0.25, -0.2) is 0 Å². The minimum atomic E-state index is 0.0747. The monoisotopic (exact) mass is 367 g/mol. The molecule has 0 aliphatic heterocycles. The van der Waals surface area contributed by atoms with Gasteiger partial charge in [-0.3, -0.25) is 4.79 Å². The van der Waals surface area contributed by atoms with Gasteiger partial charge in [0.05, 0.1) is 6.10 Å². The van der Waals surface area contributed by atoms with E-state index in [1.807, 2.05) is 24.3 Å². The van der Waals surface area contributed by atoms with E-state index < -0.39 is 0 Å². The number of hydrogen-bond acceptors (Lipinski definition) is 2. The van der Waals surface area contributed by atoms with Gasteiger partial charge in [-0.1, -0.05) is 0 Å². The van der Waals surface area contributed by atoms with E-state index >= 15 is 0 Å². The maximum absolute atomic E-state index is 12.9. The summed E-state index contributed by atoms with van der Waals surface area (Å²) in [6.07, 6.45) is 13.5. The Bertz CT molecular complexity index is 654. The number of nitrogens with one attached hydrogen (secondary N) is 1. The highest BCUT2D eigenvalue weighted by Crippen LogP contribution is 2.61. The van der Waals surface area contributed by atoms with Gasteiger partial charge >= 0.3 is 0 Å². The lowest BCUT2D eigenvalue weighted by Gasteiger charge is -2.59. The molecular formula is C24H33NO2. The van der Waals surface area contributed by atoms with Gasteiger partial charge in [-0.2, -0.15) is 0 Å². The van der Waals surface area contributed by atoms with E-state index in [1.54, 1.807) is 0 Å². The highest BCUT2D eigenvalue weighted by atomic mass is 16.5. The van der Waals surface area contributed by atoms with Gasteiger partial charge in [0.2, 0.25) is 0 Å². The summed E-state index contributed by atoms with van der Waals surface area (Å²) in [4.78, 5) is 12.9. The highest BCUT2D eigenvalue weighted by Gasteiger charge is 2.53. The molecule has 1 atom stereocenters. The molecule has 146 valence electrons. The van der Waals surface area contributed by atoms with Gasteiger partial charge in [0.15, 0.2) is 0 Å². The second-order valence-corrected chi connectivity index (χ2v) is 10.0. The zero-order chi connectivity index (χ0) is 18.4. The molecule has 0 radical (unpaired) electrons. The number of hydrogen-bond donors (Lipinski definition) is 1. The second kappa shape index (κ2) is 6.83. The maximum Gasteiger partial charge on any atom is 0.251 e. The van der Waals surface area contributed by atoms with Crippen molar-refractivity contribution < 1.29 is 9.53 Å². The lowest BCUT2D eigenvalue weighted by atomic mass is 9.48. The molecule has 0 heterocycles.